The number of para-hydroxylation sites is 1. The van der Waals surface area contributed by atoms with Gasteiger partial charge in [-0.2, -0.15) is 13.2 Å². The van der Waals surface area contributed by atoms with E-state index in [2.05, 4.69) is 10.3 Å². The highest BCUT2D eigenvalue weighted by atomic mass is 32.2. The molecule has 0 unspecified atom stereocenters. The van der Waals surface area contributed by atoms with Gasteiger partial charge in [-0.3, -0.25) is 14.1 Å². The number of carbonyl (C=O) groups is 1. The molecule has 26 heavy (non-hydrogen) atoms. The molecule has 0 bridgehead atoms. The van der Waals surface area contributed by atoms with Crippen LogP contribution < -0.4 is 9.62 Å². The van der Waals surface area contributed by atoms with E-state index in [1.54, 1.807) is 6.07 Å². The summed E-state index contributed by atoms with van der Waals surface area (Å²) < 4.78 is 64.1. The molecule has 0 saturated heterocycles. The molecule has 0 saturated carbocycles. The van der Waals surface area contributed by atoms with Crippen molar-refractivity contribution in [3.05, 3.63) is 59.9 Å². The number of anilines is 1. The topological polar surface area (TPSA) is 79.4 Å². The number of amides is 1. The van der Waals surface area contributed by atoms with Gasteiger partial charge in [-0.25, -0.2) is 8.42 Å². The maximum Gasteiger partial charge on any atom is 0.418 e. The van der Waals surface area contributed by atoms with Gasteiger partial charge in [0.25, 0.3) is 5.91 Å². The molecule has 2 aromatic rings. The van der Waals surface area contributed by atoms with Gasteiger partial charge in [0.1, 0.15) is 0 Å². The summed E-state index contributed by atoms with van der Waals surface area (Å²) in [5.74, 6) is -0.504. The molecule has 1 aromatic heterocycles. The van der Waals surface area contributed by atoms with Crippen molar-refractivity contribution in [2.75, 3.05) is 23.7 Å². The Labute approximate surface area is 148 Å². The standard InChI is InChI=1S/C16H16F3N3O3S/c1-26(24,25)22(14-7-3-2-6-13(14)16(17,18)19)10-9-21-15(23)12-5-4-8-20-11-12/h2-8,11H,9-10H2,1H3,(H,21,23). The minimum Gasteiger partial charge on any atom is -0.350 e. The fourth-order valence-corrected chi connectivity index (χ4v) is 3.21. The molecule has 0 radical (unpaired) electrons. The lowest BCUT2D eigenvalue weighted by molar-refractivity contribution is -0.137. The first kappa shape index (κ1) is 19.7. The lowest BCUT2D eigenvalue weighted by atomic mass is 10.1. The molecule has 140 valence electrons. The number of alkyl halides is 3. The van der Waals surface area contributed by atoms with E-state index >= 15 is 0 Å². The molecule has 2 rings (SSSR count). The van der Waals surface area contributed by atoms with Crippen molar-refractivity contribution in [1.82, 2.24) is 10.3 Å². The molecular formula is C16H16F3N3O3S. The Bertz CT molecular complexity index is 871. The van der Waals surface area contributed by atoms with E-state index in [0.717, 1.165) is 18.4 Å². The van der Waals surface area contributed by atoms with Gasteiger partial charge < -0.3 is 5.32 Å². The van der Waals surface area contributed by atoms with Crippen LogP contribution in [-0.4, -0.2) is 38.7 Å². The quantitative estimate of drug-likeness (QED) is 0.825. The molecular weight excluding hydrogens is 371 g/mol. The predicted octanol–water partition coefficient (Wildman–Crippen LogP) is 2.30. The van der Waals surface area contributed by atoms with Crippen molar-refractivity contribution < 1.29 is 26.4 Å². The SMILES string of the molecule is CS(=O)(=O)N(CCNC(=O)c1cccnc1)c1ccccc1C(F)(F)F. The van der Waals surface area contributed by atoms with Crippen LogP contribution in [0.3, 0.4) is 0 Å². The van der Waals surface area contributed by atoms with Crippen LogP contribution in [0.2, 0.25) is 0 Å². The van der Waals surface area contributed by atoms with Crippen LogP contribution in [0.15, 0.2) is 48.8 Å². The Morgan fingerprint density at radius 1 is 1.19 bits per heavy atom. The van der Waals surface area contributed by atoms with Gasteiger partial charge in [-0.1, -0.05) is 12.1 Å². The number of rotatable bonds is 6. The van der Waals surface area contributed by atoms with Crippen molar-refractivity contribution in [2.45, 2.75) is 6.18 Å². The third-order valence-electron chi connectivity index (χ3n) is 3.40. The zero-order chi connectivity index (χ0) is 19.4. The lowest BCUT2D eigenvalue weighted by Gasteiger charge is -2.25. The Hall–Kier alpha value is -2.62. The number of hydrogen-bond donors (Lipinski definition) is 1. The first-order valence-corrected chi connectivity index (χ1v) is 9.27. The highest BCUT2D eigenvalue weighted by Crippen LogP contribution is 2.37. The lowest BCUT2D eigenvalue weighted by Crippen LogP contribution is -2.39. The van der Waals surface area contributed by atoms with E-state index < -0.39 is 33.4 Å². The van der Waals surface area contributed by atoms with Crippen molar-refractivity contribution in [3.8, 4) is 0 Å². The van der Waals surface area contributed by atoms with Crippen molar-refractivity contribution in [2.24, 2.45) is 0 Å². The molecule has 1 N–H and O–H groups in total. The number of benzene rings is 1. The number of nitrogens with one attached hydrogen (secondary N) is 1. The van der Waals surface area contributed by atoms with E-state index in [0.29, 0.717) is 4.31 Å². The number of aromatic nitrogens is 1. The van der Waals surface area contributed by atoms with Gasteiger partial charge in [0.2, 0.25) is 10.0 Å². The molecule has 0 aliphatic heterocycles. The fourth-order valence-electron chi connectivity index (χ4n) is 2.27. The van der Waals surface area contributed by atoms with Crippen molar-refractivity contribution in [1.29, 1.82) is 0 Å². The summed E-state index contributed by atoms with van der Waals surface area (Å²) in [6, 6.07) is 7.44. The summed E-state index contributed by atoms with van der Waals surface area (Å²) in [5, 5.41) is 2.46. The van der Waals surface area contributed by atoms with Gasteiger partial charge >= 0.3 is 6.18 Å². The van der Waals surface area contributed by atoms with Crippen LogP contribution >= 0.6 is 0 Å². The van der Waals surface area contributed by atoms with Crippen molar-refractivity contribution >= 4 is 21.6 Å². The molecule has 1 amide bonds. The third kappa shape index (κ3) is 4.94. The smallest absolute Gasteiger partial charge is 0.350 e. The highest BCUT2D eigenvalue weighted by Gasteiger charge is 2.36. The van der Waals surface area contributed by atoms with E-state index in [9.17, 15) is 26.4 Å². The summed E-state index contributed by atoms with van der Waals surface area (Å²) in [7, 11) is -3.99. The average molecular weight is 387 g/mol. The van der Waals surface area contributed by atoms with E-state index in [1.165, 1.54) is 30.6 Å². The first-order valence-electron chi connectivity index (χ1n) is 7.43. The number of carbonyl (C=O) groups excluding carboxylic acids is 1. The number of nitrogens with zero attached hydrogens (tertiary/aromatic N) is 2. The molecule has 1 heterocycles. The maximum atomic E-state index is 13.2. The third-order valence-corrected chi connectivity index (χ3v) is 4.58. The van der Waals surface area contributed by atoms with Gasteiger partial charge in [0.05, 0.1) is 29.6 Å². The number of hydrogen-bond acceptors (Lipinski definition) is 4. The second-order valence-electron chi connectivity index (χ2n) is 5.35. The van der Waals surface area contributed by atoms with Crippen molar-refractivity contribution in [3.63, 3.8) is 0 Å². The second kappa shape index (κ2) is 7.73. The van der Waals surface area contributed by atoms with Gasteiger partial charge in [0.15, 0.2) is 0 Å². The van der Waals surface area contributed by atoms with E-state index in [4.69, 9.17) is 0 Å². The van der Waals surface area contributed by atoms with Crippen LogP contribution in [0.1, 0.15) is 15.9 Å². The summed E-state index contributed by atoms with van der Waals surface area (Å²) in [4.78, 5) is 15.7. The Morgan fingerprint density at radius 3 is 2.46 bits per heavy atom. The van der Waals surface area contributed by atoms with E-state index in [-0.39, 0.29) is 18.7 Å². The number of pyridine rings is 1. The van der Waals surface area contributed by atoms with Crippen LogP contribution in [0.5, 0.6) is 0 Å². The highest BCUT2D eigenvalue weighted by molar-refractivity contribution is 7.92. The molecule has 0 fully saturated rings. The summed E-state index contributed by atoms with van der Waals surface area (Å²) in [5.41, 5.74) is -1.30. The summed E-state index contributed by atoms with van der Waals surface area (Å²) in [6.07, 6.45) is -1.10. The largest absolute Gasteiger partial charge is 0.418 e. The summed E-state index contributed by atoms with van der Waals surface area (Å²) >= 11 is 0. The van der Waals surface area contributed by atoms with Crippen LogP contribution in [0.4, 0.5) is 18.9 Å². The zero-order valence-electron chi connectivity index (χ0n) is 13.7. The minimum absolute atomic E-state index is 0.174. The normalized spacial score (nSPS) is 11.8. The fraction of sp³-hybridized carbons (Fsp3) is 0.250. The van der Waals surface area contributed by atoms with Gasteiger partial charge in [-0.15, -0.1) is 0 Å². The Kier molecular flexibility index (Phi) is 5.86. The molecule has 10 heteroatoms. The maximum absolute atomic E-state index is 13.2. The molecule has 0 atom stereocenters. The monoisotopic (exact) mass is 387 g/mol. The zero-order valence-corrected chi connectivity index (χ0v) is 14.5. The summed E-state index contributed by atoms with van der Waals surface area (Å²) in [6.45, 7) is -0.523. The molecule has 0 spiro atoms. The Balaban J connectivity index is 2.19. The molecule has 0 aliphatic rings. The first-order chi connectivity index (χ1) is 12.1. The van der Waals surface area contributed by atoms with Crippen LogP contribution in [0.25, 0.3) is 0 Å². The van der Waals surface area contributed by atoms with Crippen LogP contribution in [0, 0.1) is 0 Å². The van der Waals surface area contributed by atoms with Gasteiger partial charge in [-0.05, 0) is 24.3 Å². The second-order valence-corrected chi connectivity index (χ2v) is 7.25. The molecule has 6 nitrogen and oxygen atoms in total. The molecule has 1 aromatic carbocycles. The number of halogens is 3. The minimum atomic E-state index is -4.71. The average Bonchev–Trinajstić information content (AvgIpc) is 2.57. The Morgan fingerprint density at radius 2 is 1.88 bits per heavy atom. The van der Waals surface area contributed by atoms with Gasteiger partial charge in [0, 0.05) is 18.9 Å². The van der Waals surface area contributed by atoms with E-state index in [1.807, 2.05) is 0 Å². The number of sulfonamides is 1. The predicted molar refractivity (Wildman–Crippen MR) is 90.2 cm³/mol. The molecule has 0 aliphatic carbocycles. The van der Waals surface area contributed by atoms with Crippen LogP contribution in [-0.2, 0) is 16.2 Å².